The number of nitrogens with one attached hydrogen (secondary N) is 1. The fraction of sp³-hybridized carbons (Fsp3) is 0.375. The maximum Gasteiger partial charge on any atom is 0.243 e. The summed E-state index contributed by atoms with van der Waals surface area (Å²) >= 11 is 0. The molecule has 0 fully saturated rings. The van der Waals surface area contributed by atoms with Gasteiger partial charge in [-0.1, -0.05) is 61.9 Å². The number of nitrogens with zero attached hydrogens (tertiary/aromatic N) is 1. The number of hydrogen-bond acceptors (Lipinski definition) is 5. The van der Waals surface area contributed by atoms with Gasteiger partial charge in [0, 0.05) is 25.9 Å². The van der Waals surface area contributed by atoms with Crippen LogP contribution < -0.4 is 19.5 Å². The second-order valence-corrected chi connectivity index (χ2v) is 9.70. The molecule has 0 bridgehead atoms. The van der Waals surface area contributed by atoms with E-state index in [-0.39, 0.29) is 18.2 Å². The lowest BCUT2D eigenvalue weighted by atomic mass is 10.0. The van der Waals surface area contributed by atoms with Crippen LogP contribution in [-0.2, 0) is 29.0 Å². The first kappa shape index (κ1) is 28.0. The van der Waals surface area contributed by atoms with Crippen molar-refractivity contribution in [1.29, 1.82) is 0 Å². The summed E-state index contributed by atoms with van der Waals surface area (Å²) in [7, 11) is 1.62. The van der Waals surface area contributed by atoms with Gasteiger partial charge >= 0.3 is 0 Å². The highest BCUT2D eigenvalue weighted by Gasteiger charge is 2.30. The van der Waals surface area contributed by atoms with Crippen molar-refractivity contribution in [3.63, 3.8) is 0 Å². The van der Waals surface area contributed by atoms with Crippen molar-refractivity contribution in [3.8, 4) is 17.2 Å². The number of benzene rings is 3. The SMILES string of the molecule is CCCCNC(=O)C(Cc1ccccc1)N(Cc1cccc(OC)c1)C(=O)CCc1ccc2c(c1)OCCO2. The molecule has 1 unspecified atom stereocenters. The molecular weight excluding hydrogens is 492 g/mol. The molecule has 0 saturated carbocycles. The van der Waals surface area contributed by atoms with Crippen molar-refractivity contribution in [2.75, 3.05) is 26.9 Å². The van der Waals surface area contributed by atoms with E-state index in [4.69, 9.17) is 14.2 Å². The van der Waals surface area contributed by atoms with Crippen LogP contribution in [0.5, 0.6) is 17.2 Å². The molecule has 3 aromatic rings. The van der Waals surface area contributed by atoms with Gasteiger partial charge in [0.15, 0.2) is 11.5 Å². The van der Waals surface area contributed by atoms with Crippen LogP contribution in [0.3, 0.4) is 0 Å². The highest BCUT2D eigenvalue weighted by atomic mass is 16.6. The third kappa shape index (κ3) is 7.99. The number of carbonyl (C=O) groups is 2. The number of fused-ring (bicyclic) bond motifs is 1. The molecule has 39 heavy (non-hydrogen) atoms. The Morgan fingerprint density at radius 1 is 0.923 bits per heavy atom. The zero-order valence-electron chi connectivity index (χ0n) is 22.9. The summed E-state index contributed by atoms with van der Waals surface area (Å²) in [5.74, 6) is 1.92. The number of rotatable bonds is 13. The lowest BCUT2D eigenvalue weighted by Crippen LogP contribution is -2.50. The van der Waals surface area contributed by atoms with Crippen LogP contribution in [0, 0.1) is 0 Å². The Labute approximate surface area is 231 Å². The van der Waals surface area contributed by atoms with Crippen LogP contribution in [0.25, 0.3) is 0 Å². The maximum atomic E-state index is 13.9. The summed E-state index contributed by atoms with van der Waals surface area (Å²) < 4.78 is 16.8. The van der Waals surface area contributed by atoms with Crippen molar-refractivity contribution < 1.29 is 23.8 Å². The van der Waals surface area contributed by atoms with E-state index < -0.39 is 6.04 Å². The fourth-order valence-electron chi connectivity index (χ4n) is 4.67. The molecule has 1 atom stereocenters. The number of aryl methyl sites for hydroxylation is 1. The van der Waals surface area contributed by atoms with E-state index in [1.165, 1.54) is 0 Å². The van der Waals surface area contributed by atoms with Gasteiger partial charge < -0.3 is 24.4 Å². The minimum Gasteiger partial charge on any atom is -0.497 e. The molecule has 0 spiro atoms. The summed E-state index contributed by atoms with van der Waals surface area (Å²) in [6.07, 6.45) is 3.08. The molecule has 0 aliphatic carbocycles. The lowest BCUT2D eigenvalue weighted by molar-refractivity contribution is -0.141. The second-order valence-electron chi connectivity index (χ2n) is 9.70. The van der Waals surface area contributed by atoms with Gasteiger partial charge in [-0.2, -0.15) is 0 Å². The average molecular weight is 531 g/mol. The number of amides is 2. The molecule has 1 N–H and O–H groups in total. The molecule has 2 amide bonds. The molecule has 7 nitrogen and oxygen atoms in total. The zero-order chi connectivity index (χ0) is 27.5. The third-order valence-corrected chi connectivity index (χ3v) is 6.82. The number of carbonyl (C=O) groups excluding carboxylic acids is 2. The first-order valence-electron chi connectivity index (χ1n) is 13.7. The van der Waals surface area contributed by atoms with Crippen LogP contribution in [-0.4, -0.2) is 49.6 Å². The van der Waals surface area contributed by atoms with E-state index in [1.54, 1.807) is 12.0 Å². The molecule has 1 aliphatic heterocycles. The van der Waals surface area contributed by atoms with Crippen LogP contribution in [0.2, 0.25) is 0 Å². The monoisotopic (exact) mass is 530 g/mol. The smallest absolute Gasteiger partial charge is 0.243 e. The average Bonchev–Trinajstić information content (AvgIpc) is 2.98. The third-order valence-electron chi connectivity index (χ3n) is 6.82. The van der Waals surface area contributed by atoms with Gasteiger partial charge in [-0.25, -0.2) is 0 Å². The molecule has 7 heteroatoms. The molecule has 4 rings (SSSR count). The van der Waals surface area contributed by atoms with Gasteiger partial charge in [-0.15, -0.1) is 0 Å². The molecule has 0 aromatic heterocycles. The van der Waals surface area contributed by atoms with Crippen molar-refractivity contribution in [3.05, 3.63) is 89.5 Å². The Kier molecular flexibility index (Phi) is 10.2. The Morgan fingerprint density at radius 2 is 1.69 bits per heavy atom. The van der Waals surface area contributed by atoms with E-state index in [2.05, 4.69) is 12.2 Å². The Morgan fingerprint density at radius 3 is 2.46 bits per heavy atom. The quantitative estimate of drug-likeness (QED) is 0.316. The van der Waals surface area contributed by atoms with E-state index in [1.807, 2.05) is 72.8 Å². The number of ether oxygens (including phenoxy) is 3. The Bertz CT molecular complexity index is 1230. The minimum atomic E-state index is -0.650. The van der Waals surface area contributed by atoms with Gasteiger partial charge in [0.05, 0.1) is 7.11 Å². The molecule has 206 valence electrons. The fourth-order valence-corrected chi connectivity index (χ4v) is 4.67. The van der Waals surface area contributed by atoms with E-state index >= 15 is 0 Å². The topological polar surface area (TPSA) is 77.1 Å². The van der Waals surface area contributed by atoms with Gasteiger partial charge in [0.1, 0.15) is 25.0 Å². The largest absolute Gasteiger partial charge is 0.497 e. The van der Waals surface area contributed by atoms with Crippen molar-refractivity contribution in [1.82, 2.24) is 10.2 Å². The van der Waals surface area contributed by atoms with E-state index in [9.17, 15) is 9.59 Å². The summed E-state index contributed by atoms with van der Waals surface area (Å²) in [4.78, 5) is 29.2. The van der Waals surface area contributed by atoms with Crippen molar-refractivity contribution >= 4 is 11.8 Å². The Hall–Kier alpha value is -4.00. The Balaban J connectivity index is 1.59. The maximum absolute atomic E-state index is 13.9. The molecule has 1 aliphatic rings. The van der Waals surface area contributed by atoms with Gasteiger partial charge in [-0.3, -0.25) is 9.59 Å². The van der Waals surface area contributed by atoms with Crippen molar-refractivity contribution in [2.45, 2.75) is 51.6 Å². The van der Waals surface area contributed by atoms with Crippen molar-refractivity contribution in [2.24, 2.45) is 0 Å². The van der Waals surface area contributed by atoms with E-state index in [0.717, 1.165) is 35.3 Å². The van der Waals surface area contributed by atoms with Crippen LogP contribution in [0.1, 0.15) is 42.9 Å². The standard InChI is InChI=1S/C32H38N2O5/c1-3-4-17-33-32(36)28(21-24-9-6-5-7-10-24)34(23-26-11-8-12-27(20-26)37-2)31(35)16-14-25-13-15-29-30(22-25)39-19-18-38-29/h5-13,15,20,22,28H,3-4,14,16-19,21,23H2,1-2H3,(H,33,36). The lowest BCUT2D eigenvalue weighted by Gasteiger charge is -2.32. The van der Waals surface area contributed by atoms with Crippen LogP contribution in [0.4, 0.5) is 0 Å². The molecule has 0 radical (unpaired) electrons. The minimum absolute atomic E-state index is 0.0840. The van der Waals surface area contributed by atoms with Gasteiger partial charge in [0.2, 0.25) is 11.8 Å². The molecule has 0 saturated heterocycles. The van der Waals surface area contributed by atoms with Gasteiger partial charge in [-0.05, 0) is 53.8 Å². The van der Waals surface area contributed by atoms with Crippen LogP contribution in [0.15, 0.2) is 72.8 Å². The van der Waals surface area contributed by atoms with Gasteiger partial charge in [0.25, 0.3) is 0 Å². The number of methoxy groups -OCH3 is 1. The normalized spacial score (nSPS) is 12.9. The summed E-state index contributed by atoms with van der Waals surface area (Å²) in [5, 5.41) is 3.07. The number of hydrogen-bond donors (Lipinski definition) is 1. The molecule has 3 aromatic carbocycles. The first-order valence-corrected chi connectivity index (χ1v) is 13.7. The predicted octanol–water partition coefficient (Wildman–Crippen LogP) is 4.96. The summed E-state index contributed by atoms with van der Waals surface area (Å²) in [6.45, 7) is 4.02. The number of unbranched alkanes of at least 4 members (excludes halogenated alkanes) is 1. The summed E-state index contributed by atoms with van der Waals surface area (Å²) in [5.41, 5.74) is 2.89. The zero-order valence-corrected chi connectivity index (χ0v) is 22.9. The molecular formula is C32H38N2O5. The highest BCUT2D eigenvalue weighted by molar-refractivity contribution is 5.88. The molecule has 1 heterocycles. The predicted molar refractivity (Wildman–Crippen MR) is 151 cm³/mol. The highest BCUT2D eigenvalue weighted by Crippen LogP contribution is 2.31. The summed E-state index contributed by atoms with van der Waals surface area (Å²) in [6, 6.07) is 22.6. The first-order chi connectivity index (χ1) is 19.1. The second kappa shape index (κ2) is 14.2. The van der Waals surface area contributed by atoms with E-state index in [0.29, 0.717) is 50.6 Å². The van der Waals surface area contributed by atoms with Crippen LogP contribution >= 0.6 is 0 Å².